The van der Waals surface area contributed by atoms with Gasteiger partial charge in [-0.1, -0.05) is 84.9 Å². The fourth-order valence-electron chi connectivity index (χ4n) is 6.01. The molecule has 11 heteroatoms. The number of amides is 4. The summed E-state index contributed by atoms with van der Waals surface area (Å²) in [5, 5.41) is 9.24. The van der Waals surface area contributed by atoms with Crippen molar-refractivity contribution in [2.45, 2.75) is 85.0 Å². The van der Waals surface area contributed by atoms with Crippen molar-refractivity contribution in [2.75, 3.05) is 26.8 Å². The van der Waals surface area contributed by atoms with E-state index in [-0.39, 0.29) is 31.0 Å². The van der Waals surface area contributed by atoms with Crippen molar-refractivity contribution in [1.82, 2.24) is 26.0 Å². The van der Waals surface area contributed by atoms with Crippen LogP contribution >= 0.6 is 0 Å². The van der Waals surface area contributed by atoms with Gasteiger partial charge in [-0.2, -0.15) is 0 Å². The number of hydrogen-bond donors (Lipinski definition) is 3. The highest BCUT2D eigenvalue weighted by molar-refractivity contribution is 5.90. The molecule has 4 amide bonds. The van der Waals surface area contributed by atoms with Gasteiger partial charge < -0.3 is 29.7 Å². The number of carbonyl (C=O) groups excluding carboxylic acids is 3. The Balaban J connectivity index is 1.60. The summed E-state index contributed by atoms with van der Waals surface area (Å²) in [6, 6.07) is 29.2. The molecule has 0 aliphatic heterocycles. The molecular weight excluding hydrogens is 670 g/mol. The van der Waals surface area contributed by atoms with Gasteiger partial charge in [-0.05, 0) is 81.1 Å². The fraction of sp³-hybridized carbons (Fsp3) is 0.405. The topological polar surface area (TPSA) is 121 Å². The van der Waals surface area contributed by atoms with Gasteiger partial charge in [0, 0.05) is 39.8 Å². The van der Waals surface area contributed by atoms with E-state index < -0.39 is 30.3 Å². The lowest BCUT2D eigenvalue weighted by atomic mass is 10.0. The normalized spacial score (nSPS) is 12.7. The summed E-state index contributed by atoms with van der Waals surface area (Å²) in [5.41, 5.74) is 5.03. The Kier molecular flexibility index (Phi) is 15.2. The lowest BCUT2D eigenvalue weighted by Gasteiger charge is -2.37. The number of hydrazine groups is 1. The summed E-state index contributed by atoms with van der Waals surface area (Å²) in [4.78, 5) is 42.9. The van der Waals surface area contributed by atoms with E-state index in [0.717, 1.165) is 27.5 Å². The summed E-state index contributed by atoms with van der Waals surface area (Å²) < 4.78 is 18.0. The summed E-state index contributed by atoms with van der Waals surface area (Å²) in [7, 11) is 1.59. The lowest BCUT2D eigenvalue weighted by molar-refractivity contribution is -0.179. The van der Waals surface area contributed by atoms with Gasteiger partial charge >= 0.3 is 6.03 Å². The van der Waals surface area contributed by atoms with Crippen LogP contribution in [0.2, 0.25) is 0 Å². The third-order valence-corrected chi connectivity index (χ3v) is 8.44. The van der Waals surface area contributed by atoms with E-state index in [1.54, 1.807) is 11.9 Å². The molecule has 0 saturated heterocycles. The smallest absolute Gasteiger partial charge is 0.329 e. The Morgan fingerprint density at radius 1 is 0.792 bits per heavy atom. The maximum Gasteiger partial charge on any atom is 0.329 e. The fourth-order valence-corrected chi connectivity index (χ4v) is 6.01. The number of carbonyl (C=O) groups is 3. The molecular formula is C42H55N5O6. The zero-order valence-electron chi connectivity index (χ0n) is 32.1. The predicted octanol–water partition coefficient (Wildman–Crippen LogP) is 6.21. The third-order valence-electron chi connectivity index (χ3n) is 8.44. The molecule has 4 aromatic rings. The number of hydrogen-bond acceptors (Lipinski definition) is 7. The van der Waals surface area contributed by atoms with Crippen LogP contribution in [0.4, 0.5) is 4.79 Å². The Bertz CT molecular complexity index is 1750. The summed E-state index contributed by atoms with van der Waals surface area (Å²) in [6.07, 6.45) is -0.485. The minimum Gasteiger partial charge on any atom is -0.488 e. The summed E-state index contributed by atoms with van der Waals surface area (Å²) in [6.45, 7) is 12.8. The first kappa shape index (κ1) is 40.8. The minimum atomic E-state index is -0.960. The molecule has 4 rings (SSSR count). The first-order valence-electron chi connectivity index (χ1n) is 18.2. The molecule has 0 radical (unpaired) electrons. The molecule has 0 saturated carbocycles. The van der Waals surface area contributed by atoms with E-state index in [9.17, 15) is 14.4 Å². The second kappa shape index (κ2) is 19.8. The number of rotatable bonds is 18. The van der Waals surface area contributed by atoms with Crippen LogP contribution in [-0.4, -0.2) is 78.5 Å². The Morgan fingerprint density at radius 2 is 1.43 bits per heavy atom. The monoisotopic (exact) mass is 725 g/mol. The summed E-state index contributed by atoms with van der Waals surface area (Å²) in [5.74, 6) is -0.0332. The van der Waals surface area contributed by atoms with Crippen LogP contribution in [0.5, 0.6) is 5.75 Å². The van der Waals surface area contributed by atoms with E-state index in [4.69, 9.17) is 14.2 Å². The molecule has 2 unspecified atom stereocenters. The standard InChI is InChI=1S/C42H55N5O6/c1-8-51-40(52-9-2)30(3)47(28-34-20-15-19-33-18-13-14-21-36(33)34)39(49)37(26-31-22-24-35(25-23-31)53-42(4,5)6)44-38(48)29-46(7)45-41(50)43-27-32-16-11-10-12-17-32/h10-25,30,37,40H,8-9,26-29H2,1-7H3,(H,44,48)(H2,43,45,50). The molecule has 0 aromatic heterocycles. The number of ether oxygens (including phenoxy) is 3. The van der Waals surface area contributed by atoms with E-state index in [0.29, 0.717) is 25.5 Å². The van der Waals surface area contributed by atoms with Gasteiger partial charge in [-0.3, -0.25) is 15.0 Å². The number of nitrogens with one attached hydrogen (secondary N) is 3. The first-order chi connectivity index (χ1) is 25.4. The largest absolute Gasteiger partial charge is 0.488 e. The van der Waals surface area contributed by atoms with Crippen LogP contribution in [0.15, 0.2) is 97.1 Å². The van der Waals surface area contributed by atoms with E-state index in [1.165, 1.54) is 5.01 Å². The van der Waals surface area contributed by atoms with Gasteiger partial charge in [0.1, 0.15) is 17.4 Å². The van der Waals surface area contributed by atoms with Crippen molar-refractivity contribution in [3.05, 3.63) is 114 Å². The van der Waals surface area contributed by atoms with Gasteiger partial charge in [-0.25, -0.2) is 9.80 Å². The molecule has 4 aromatic carbocycles. The maximum absolute atomic E-state index is 14.9. The first-order valence-corrected chi connectivity index (χ1v) is 18.2. The van der Waals surface area contributed by atoms with Crippen molar-refractivity contribution < 1.29 is 28.6 Å². The van der Waals surface area contributed by atoms with Gasteiger partial charge in [0.05, 0.1) is 12.6 Å². The Hall–Kier alpha value is -4.97. The number of nitrogens with zero attached hydrogens (tertiary/aromatic N) is 2. The van der Waals surface area contributed by atoms with Crippen molar-refractivity contribution in [3.63, 3.8) is 0 Å². The zero-order valence-corrected chi connectivity index (χ0v) is 32.1. The third kappa shape index (κ3) is 12.9. The number of benzene rings is 4. The molecule has 2 atom stereocenters. The molecule has 0 aliphatic carbocycles. The maximum atomic E-state index is 14.9. The average molecular weight is 726 g/mol. The van der Waals surface area contributed by atoms with Crippen molar-refractivity contribution >= 4 is 28.6 Å². The van der Waals surface area contributed by atoms with Gasteiger partial charge in [0.25, 0.3) is 0 Å². The van der Waals surface area contributed by atoms with Crippen LogP contribution in [-0.2, 0) is 38.6 Å². The Morgan fingerprint density at radius 3 is 2.09 bits per heavy atom. The van der Waals surface area contributed by atoms with E-state index in [1.807, 2.05) is 139 Å². The minimum absolute atomic E-state index is 0.194. The highest BCUT2D eigenvalue weighted by Crippen LogP contribution is 2.24. The molecule has 0 bridgehead atoms. The molecule has 53 heavy (non-hydrogen) atoms. The van der Waals surface area contributed by atoms with Gasteiger partial charge in [-0.15, -0.1) is 0 Å². The van der Waals surface area contributed by atoms with Crippen LogP contribution in [0, 0.1) is 0 Å². The quantitative estimate of drug-likeness (QED) is 0.0825. The molecule has 0 heterocycles. The van der Waals surface area contributed by atoms with Gasteiger partial charge in [0.2, 0.25) is 11.8 Å². The zero-order chi connectivity index (χ0) is 38.4. The van der Waals surface area contributed by atoms with E-state index >= 15 is 0 Å². The molecule has 0 aliphatic rings. The second-order valence-corrected chi connectivity index (χ2v) is 13.9. The van der Waals surface area contributed by atoms with Crippen LogP contribution in [0.25, 0.3) is 10.8 Å². The number of urea groups is 1. The van der Waals surface area contributed by atoms with Crippen molar-refractivity contribution in [1.29, 1.82) is 0 Å². The Labute approximate surface area is 313 Å². The van der Waals surface area contributed by atoms with Crippen molar-refractivity contribution in [3.8, 4) is 5.75 Å². The van der Waals surface area contributed by atoms with Crippen LogP contribution in [0.3, 0.4) is 0 Å². The number of likely N-dealkylation sites (N-methyl/N-ethyl adjacent to an activating group) is 1. The molecule has 0 fully saturated rings. The van der Waals surface area contributed by atoms with Crippen molar-refractivity contribution in [2.24, 2.45) is 0 Å². The average Bonchev–Trinajstić information content (AvgIpc) is 3.12. The highest BCUT2D eigenvalue weighted by atomic mass is 16.7. The number of fused-ring (bicyclic) bond motifs is 1. The lowest BCUT2D eigenvalue weighted by Crippen LogP contribution is -2.56. The van der Waals surface area contributed by atoms with E-state index in [2.05, 4.69) is 16.1 Å². The molecule has 0 spiro atoms. The second-order valence-electron chi connectivity index (χ2n) is 13.9. The molecule has 284 valence electrons. The molecule has 3 N–H and O–H groups in total. The SMILES string of the molecule is CCOC(OCC)C(C)N(Cc1cccc2ccccc12)C(=O)C(Cc1ccc(OC(C)(C)C)cc1)NC(=O)CN(C)NC(=O)NCc1ccccc1. The highest BCUT2D eigenvalue weighted by Gasteiger charge is 2.34. The van der Waals surface area contributed by atoms with Gasteiger partial charge in [0.15, 0.2) is 6.29 Å². The predicted molar refractivity (Wildman–Crippen MR) is 208 cm³/mol. The van der Waals surface area contributed by atoms with Crippen LogP contribution < -0.4 is 20.8 Å². The summed E-state index contributed by atoms with van der Waals surface area (Å²) >= 11 is 0. The molecule has 11 nitrogen and oxygen atoms in total. The van der Waals surface area contributed by atoms with Crippen LogP contribution in [0.1, 0.15) is 58.2 Å².